The molecule has 0 saturated carbocycles. The van der Waals surface area contributed by atoms with Crippen LogP contribution in [0, 0.1) is 10.1 Å². The zero-order valence-electron chi connectivity index (χ0n) is 10.4. The van der Waals surface area contributed by atoms with Crippen molar-refractivity contribution in [1.82, 2.24) is 0 Å². The Bertz CT molecular complexity index is 499. The first-order chi connectivity index (χ1) is 9.10. The number of hydrogen-bond acceptors (Lipinski definition) is 6. The molecule has 0 aromatic heterocycles. The van der Waals surface area contributed by atoms with Gasteiger partial charge in [0.15, 0.2) is 5.71 Å². The lowest BCUT2D eigenvalue weighted by atomic mass is 10.1. The lowest BCUT2D eigenvalue weighted by molar-refractivity contribution is -0.385. The lowest BCUT2D eigenvalue weighted by Gasteiger charge is -2.04. The standard InChI is InChI=1S/C12H14N2O5/c1-2-19-12(15)10(13-16)8-7-9-5-3-4-6-11(9)14(17)18/h3-6,16H,2,7-8H2,1H3/b13-10+. The SMILES string of the molecule is CCOC(=O)/C(CCc1ccccc1[N+](=O)[O-])=N/O. The number of aryl methyl sites for hydroxylation is 1. The van der Waals surface area contributed by atoms with Gasteiger partial charge in [-0.3, -0.25) is 10.1 Å². The molecule has 1 N–H and O–H groups in total. The third kappa shape index (κ3) is 4.06. The predicted molar refractivity (Wildman–Crippen MR) is 67.3 cm³/mol. The molecule has 0 bridgehead atoms. The van der Waals surface area contributed by atoms with E-state index in [1.54, 1.807) is 25.1 Å². The maximum atomic E-state index is 11.4. The molecule has 0 aliphatic rings. The molecule has 0 atom stereocenters. The number of para-hydroxylation sites is 1. The summed E-state index contributed by atoms with van der Waals surface area (Å²) in [5.41, 5.74) is 0.293. The minimum Gasteiger partial charge on any atom is -0.461 e. The van der Waals surface area contributed by atoms with Crippen molar-refractivity contribution < 1.29 is 19.7 Å². The molecule has 0 amide bonds. The summed E-state index contributed by atoms with van der Waals surface area (Å²) in [5.74, 6) is -0.719. The molecule has 0 fully saturated rings. The highest BCUT2D eigenvalue weighted by Gasteiger charge is 2.17. The van der Waals surface area contributed by atoms with Gasteiger partial charge in [-0.1, -0.05) is 23.4 Å². The van der Waals surface area contributed by atoms with Gasteiger partial charge in [-0.15, -0.1) is 0 Å². The Hall–Kier alpha value is -2.44. The monoisotopic (exact) mass is 266 g/mol. The van der Waals surface area contributed by atoms with Gasteiger partial charge in [-0.05, 0) is 13.3 Å². The molecule has 1 aromatic rings. The molecule has 7 heteroatoms. The minimum atomic E-state index is -0.719. The smallest absolute Gasteiger partial charge is 0.356 e. The molecule has 0 radical (unpaired) electrons. The topological polar surface area (TPSA) is 102 Å². The average molecular weight is 266 g/mol. The molecule has 7 nitrogen and oxygen atoms in total. The van der Waals surface area contributed by atoms with Crippen LogP contribution in [0.2, 0.25) is 0 Å². The summed E-state index contributed by atoms with van der Waals surface area (Å²) in [6, 6.07) is 6.21. The van der Waals surface area contributed by atoms with Crippen LogP contribution < -0.4 is 0 Å². The lowest BCUT2D eigenvalue weighted by Crippen LogP contribution is -2.18. The first-order valence-corrected chi connectivity index (χ1v) is 5.70. The summed E-state index contributed by atoms with van der Waals surface area (Å²) in [6.45, 7) is 1.80. The van der Waals surface area contributed by atoms with Gasteiger partial charge in [-0.2, -0.15) is 0 Å². The first-order valence-electron chi connectivity index (χ1n) is 5.70. The molecular formula is C12H14N2O5. The number of nitro benzene ring substituents is 1. The number of ether oxygens (including phenoxy) is 1. The summed E-state index contributed by atoms with van der Waals surface area (Å²) in [6.07, 6.45) is 0.287. The molecular weight excluding hydrogens is 252 g/mol. The fourth-order valence-corrected chi connectivity index (χ4v) is 1.56. The molecule has 0 spiro atoms. The number of nitro groups is 1. The van der Waals surface area contributed by atoms with E-state index in [9.17, 15) is 14.9 Å². The quantitative estimate of drug-likeness (QED) is 0.278. The van der Waals surface area contributed by atoms with E-state index in [1.807, 2.05) is 0 Å². The summed E-state index contributed by atoms with van der Waals surface area (Å²) < 4.78 is 4.70. The molecule has 0 saturated heterocycles. The van der Waals surface area contributed by atoms with Gasteiger partial charge in [0.2, 0.25) is 0 Å². The van der Waals surface area contributed by atoms with Crippen LogP contribution in [0.3, 0.4) is 0 Å². The number of carbonyl (C=O) groups is 1. The van der Waals surface area contributed by atoms with Gasteiger partial charge in [0.25, 0.3) is 5.69 Å². The molecule has 1 rings (SSSR count). The van der Waals surface area contributed by atoms with Crippen LogP contribution in [0.25, 0.3) is 0 Å². The fourth-order valence-electron chi connectivity index (χ4n) is 1.56. The number of esters is 1. The largest absolute Gasteiger partial charge is 0.461 e. The van der Waals surface area contributed by atoms with Crippen molar-refractivity contribution in [1.29, 1.82) is 0 Å². The van der Waals surface area contributed by atoms with Crippen molar-refractivity contribution in [3.63, 3.8) is 0 Å². The zero-order chi connectivity index (χ0) is 14.3. The fraction of sp³-hybridized carbons (Fsp3) is 0.333. The van der Waals surface area contributed by atoms with E-state index in [4.69, 9.17) is 9.94 Å². The number of nitrogens with zero attached hydrogens (tertiary/aromatic N) is 2. The Kier molecular flexibility index (Phi) is 5.46. The van der Waals surface area contributed by atoms with Crippen LogP contribution in [0.15, 0.2) is 29.4 Å². The van der Waals surface area contributed by atoms with Crippen LogP contribution in [-0.2, 0) is 16.0 Å². The Morgan fingerprint density at radius 3 is 2.74 bits per heavy atom. The molecule has 0 heterocycles. The Morgan fingerprint density at radius 1 is 1.47 bits per heavy atom. The van der Waals surface area contributed by atoms with E-state index in [-0.39, 0.29) is 30.8 Å². The van der Waals surface area contributed by atoms with E-state index in [0.717, 1.165) is 0 Å². The second-order valence-electron chi connectivity index (χ2n) is 3.65. The summed E-state index contributed by atoms with van der Waals surface area (Å²) in [7, 11) is 0. The number of oxime groups is 1. The van der Waals surface area contributed by atoms with E-state index >= 15 is 0 Å². The van der Waals surface area contributed by atoms with Crippen LogP contribution in [0.4, 0.5) is 5.69 Å². The number of rotatable bonds is 6. The summed E-state index contributed by atoms with van der Waals surface area (Å²) in [5, 5.41) is 22.4. The molecule has 19 heavy (non-hydrogen) atoms. The van der Waals surface area contributed by atoms with Crippen LogP contribution in [0.1, 0.15) is 18.9 Å². The van der Waals surface area contributed by atoms with E-state index in [0.29, 0.717) is 5.56 Å². The van der Waals surface area contributed by atoms with E-state index in [2.05, 4.69) is 5.16 Å². The normalized spacial score (nSPS) is 11.1. The Balaban J connectivity index is 2.76. The summed E-state index contributed by atoms with van der Waals surface area (Å²) in [4.78, 5) is 21.7. The molecule has 0 unspecified atom stereocenters. The van der Waals surface area contributed by atoms with Gasteiger partial charge in [0.05, 0.1) is 11.5 Å². The number of carbonyl (C=O) groups excluding carboxylic acids is 1. The highest BCUT2D eigenvalue weighted by Crippen LogP contribution is 2.19. The number of hydrogen-bond donors (Lipinski definition) is 1. The van der Waals surface area contributed by atoms with Crippen molar-refractivity contribution in [3.8, 4) is 0 Å². The van der Waals surface area contributed by atoms with Crippen molar-refractivity contribution >= 4 is 17.4 Å². The average Bonchev–Trinajstić information content (AvgIpc) is 2.40. The van der Waals surface area contributed by atoms with Crippen molar-refractivity contribution in [2.24, 2.45) is 5.16 Å². The summed E-state index contributed by atoms with van der Waals surface area (Å²) >= 11 is 0. The molecule has 1 aromatic carbocycles. The maximum Gasteiger partial charge on any atom is 0.356 e. The van der Waals surface area contributed by atoms with Gasteiger partial charge in [0, 0.05) is 18.1 Å². The van der Waals surface area contributed by atoms with Gasteiger partial charge in [0.1, 0.15) is 0 Å². The molecule has 0 aliphatic carbocycles. The second-order valence-corrected chi connectivity index (χ2v) is 3.65. The minimum absolute atomic E-state index is 0.0244. The highest BCUT2D eigenvalue weighted by molar-refractivity contribution is 6.36. The van der Waals surface area contributed by atoms with Gasteiger partial charge in [-0.25, -0.2) is 4.79 Å². The van der Waals surface area contributed by atoms with Crippen molar-refractivity contribution in [3.05, 3.63) is 39.9 Å². The highest BCUT2D eigenvalue weighted by atomic mass is 16.6. The predicted octanol–water partition coefficient (Wildman–Crippen LogP) is 1.92. The van der Waals surface area contributed by atoms with E-state index in [1.165, 1.54) is 6.07 Å². The third-order valence-corrected chi connectivity index (χ3v) is 2.45. The Labute approximate surface area is 109 Å². The van der Waals surface area contributed by atoms with E-state index < -0.39 is 10.9 Å². The zero-order valence-corrected chi connectivity index (χ0v) is 10.4. The third-order valence-electron chi connectivity index (χ3n) is 2.45. The van der Waals surface area contributed by atoms with Crippen LogP contribution >= 0.6 is 0 Å². The number of benzene rings is 1. The van der Waals surface area contributed by atoms with Crippen molar-refractivity contribution in [2.75, 3.05) is 6.61 Å². The van der Waals surface area contributed by atoms with Crippen molar-refractivity contribution in [2.45, 2.75) is 19.8 Å². The van der Waals surface area contributed by atoms with Gasteiger partial charge < -0.3 is 9.94 Å². The molecule has 102 valence electrons. The van der Waals surface area contributed by atoms with Crippen LogP contribution in [0.5, 0.6) is 0 Å². The first kappa shape index (κ1) is 14.6. The van der Waals surface area contributed by atoms with Gasteiger partial charge >= 0.3 is 5.97 Å². The maximum absolute atomic E-state index is 11.4. The molecule has 0 aliphatic heterocycles. The van der Waals surface area contributed by atoms with Crippen LogP contribution in [-0.4, -0.2) is 28.4 Å². The Morgan fingerprint density at radius 2 is 2.16 bits per heavy atom. The second kappa shape index (κ2) is 7.10.